The molecule has 6 heteroatoms. The van der Waals surface area contributed by atoms with E-state index in [0.29, 0.717) is 5.69 Å². The molecule has 2 rings (SSSR count). The van der Waals surface area contributed by atoms with Crippen molar-refractivity contribution in [1.29, 1.82) is 0 Å². The lowest BCUT2D eigenvalue weighted by Crippen LogP contribution is -2.20. The molecule has 102 valence electrons. The summed E-state index contributed by atoms with van der Waals surface area (Å²) in [5.74, 6) is 0. The third-order valence-corrected chi connectivity index (χ3v) is 2.74. The first-order chi connectivity index (χ1) is 9.58. The molecule has 6 nitrogen and oxygen atoms in total. The van der Waals surface area contributed by atoms with E-state index in [2.05, 4.69) is 10.6 Å². The van der Waals surface area contributed by atoms with E-state index in [4.69, 9.17) is 0 Å². The number of nitrogens with zero attached hydrogens (tertiary/aromatic N) is 1. The lowest BCUT2D eigenvalue weighted by Gasteiger charge is -2.09. The normalized spacial score (nSPS) is 9.85. The van der Waals surface area contributed by atoms with Crippen molar-refractivity contribution in [2.24, 2.45) is 0 Å². The maximum atomic E-state index is 11.9. The number of benzene rings is 2. The van der Waals surface area contributed by atoms with E-state index in [9.17, 15) is 14.9 Å². The molecule has 0 bridgehead atoms. The topological polar surface area (TPSA) is 84.3 Å². The average molecular weight is 271 g/mol. The average Bonchev–Trinajstić information content (AvgIpc) is 2.41. The van der Waals surface area contributed by atoms with Gasteiger partial charge in [0.2, 0.25) is 0 Å². The standard InChI is InChI=1S/C14H13N3O3/c1-10-6-2-3-7-11(10)15-14(18)16-12-8-4-5-9-13(12)17(19)20/h2-9H,1H3,(H2,15,16,18). The van der Waals surface area contributed by atoms with Crippen LogP contribution >= 0.6 is 0 Å². The van der Waals surface area contributed by atoms with Crippen LogP contribution < -0.4 is 10.6 Å². The first-order valence-electron chi connectivity index (χ1n) is 5.95. The molecule has 0 radical (unpaired) electrons. The number of nitro groups is 1. The lowest BCUT2D eigenvalue weighted by atomic mass is 10.2. The molecule has 2 aromatic carbocycles. The van der Waals surface area contributed by atoms with Crippen molar-refractivity contribution in [1.82, 2.24) is 0 Å². The molecule has 0 aliphatic heterocycles. The smallest absolute Gasteiger partial charge is 0.307 e. The molecule has 0 aliphatic carbocycles. The van der Waals surface area contributed by atoms with E-state index in [1.165, 1.54) is 12.1 Å². The van der Waals surface area contributed by atoms with Crippen LogP contribution in [0.1, 0.15) is 5.56 Å². The highest BCUT2D eigenvalue weighted by Crippen LogP contribution is 2.23. The number of nitrogens with one attached hydrogen (secondary N) is 2. The Morgan fingerprint density at radius 1 is 1.00 bits per heavy atom. The Balaban J connectivity index is 2.13. The first-order valence-corrected chi connectivity index (χ1v) is 5.95. The van der Waals surface area contributed by atoms with Crippen LogP contribution in [0.5, 0.6) is 0 Å². The predicted octanol–water partition coefficient (Wildman–Crippen LogP) is 3.55. The Labute approximate surface area is 115 Å². The largest absolute Gasteiger partial charge is 0.323 e. The van der Waals surface area contributed by atoms with Gasteiger partial charge in [0.05, 0.1) is 4.92 Å². The molecule has 0 atom stereocenters. The number of amides is 2. The van der Waals surface area contributed by atoms with Gasteiger partial charge in [0.1, 0.15) is 5.69 Å². The van der Waals surface area contributed by atoms with Gasteiger partial charge in [0.25, 0.3) is 5.69 Å². The second-order valence-corrected chi connectivity index (χ2v) is 4.17. The van der Waals surface area contributed by atoms with Crippen LogP contribution in [0.25, 0.3) is 0 Å². The van der Waals surface area contributed by atoms with E-state index in [1.54, 1.807) is 24.3 Å². The predicted molar refractivity (Wildman–Crippen MR) is 76.9 cm³/mol. The maximum absolute atomic E-state index is 11.9. The van der Waals surface area contributed by atoms with Crippen LogP contribution in [0, 0.1) is 17.0 Å². The highest BCUT2D eigenvalue weighted by molar-refractivity contribution is 6.01. The molecular formula is C14H13N3O3. The molecule has 20 heavy (non-hydrogen) atoms. The Hall–Kier alpha value is -2.89. The van der Waals surface area contributed by atoms with Crippen LogP contribution in [0.3, 0.4) is 0 Å². The van der Waals surface area contributed by atoms with Gasteiger partial charge in [-0.2, -0.15) is 0 Å². The van der Waals surface area contributed by atoms with Crippen molar-refractivity contribution in [3.63, 3.8) is 0 Å². The summed E-state index contributed by atoms with van der Waals surface area (Å²) in [5, 5.41) is 16.0. The summed E-state index contributed by atoms with van der Waals surface area (Å²) in [7, 11) is 0. The number of aryl methyl sites for hydroxylation is 1. The fraction of sp³-hybridized carbons (Fsp3) is 0.0714. The van der Waals surface area contributed by atoms with Crippen molar-refractivity contribution in [3.05, 3.63) is 64.2 Å². The number of carbonyl (C=O) groups is 1. The minimum atomic E-state index is -0.538. The van der Waals surface area contributed by atoms with Crippen molar-refractivity contribution in [2.45, 2.75) is 6.92 Å². The molecule has 0 heterocycles. The van der Waals surface area contributed by atoms with Gasteiger partial charge in [-0.3, -0.25) is 10.1 Å². The molecule has 2 amide bonds. The van der Waals surface area contributed by atoms with Crippen molar-refractivity contribution in [3.8, 4) is 0 Å². The van der Waals surface area contributed by atoms with Gasteiger partial charge in [0, 0.05) is 11.8 Å². The van der Waals surface area contributed by atoms with Crippen molar-refractivity contribution in [2.75, 3.05) is 10.6 Å². The number of nitro benzene ring substituents is 1. The first kappa shape index (κ1) is 13.5. The molecule has 0 fully saturated rings. The minimum absolute atomic E-state index is 0.146. The van der Waals surface area contributed by atoms with Crippen molar-refractivity contribution >= 4 is 23.1 Å². The maximum Gasteiger partial charge on any atom is 0.323 e. The molecule has 0 saturated heterocycles. The zero-order valence-corrected chi connectivity index (χ0v) is 10.8. The van der Waals surface area contributed by atoms with Gasteiger partial charge >= 0.3 is 6.03 Å². The molecule has 0 unspecified atom stereocenters. The third-order valence-electron chi connectivity index (χ3n) is 2.74. The van der Waals surface area contributed by atoms with Crippen LogP contribution in [-0.2, 0) is 0 Å². The summed E-state index contributed by atoms with van der Waals surface area (Å²) >= 11 is 0. The van der Waals surface area contributed by atoms with Gasteiger partial charge < -0.3 is 10.6 Å². The van der Waals surface area contributed by atoms with Crippen LogP contribution in [-0.4, -0.2) is 11.0 Å². The number of urea groups is 1. The van der Waals surface area contributed by atoms with Crippen molar-refractivity contribution < 1.29 is 9.72 Å². The number of carbonyl (C=O) groups excluding carboxylic acids is 1. The Bertz CT molecular complexity index is 656. The Kier molecular flexibility index (Phi) is 3.95. The van der Waals surface area contributed by atoms with Gasteiger partial charge in [-0.15, -0.1) is 0 Å². The highest BCUT2D eigenvalue weighted by Gasteiger charge is 2.14. The van der Waals surface area contributed by atoms with Gasteiger partial charge in [0.15, 0.2) is 0 Å². The van der Waals surface area contributed by atoms with E-state index in [1.807, 2.05) is 19.1 Å². The van der Waals surface area contributed by atoms with Crippen LogP contribution in [0.4, 0.5) is 21.9 Å². The van der Waals surface area contributed by atoms with Gasteiger partial charge in [-0.1, -0.05) is 30.3 Å². The molecule has 0 saturated carbocycles. The molecule has 0 aromatic heterocycles. The monoisotopic (exact) mass is 271 g/mol. The van der Waals surface area contributed by atoms with E-state index >= 15 is 0 Å². The summed E-state index contributed by atoms with van der Waals surface area (Å²) in [6.07, 6.45) is 0. The number of para-hydroxylation sites is 3. The number of hydrogen-bond acceptors (Lipinski definition) is 3. The summed E-state index contributed by atoms with van der Waals surface area (Å²) in [4.78, 5) is 22.2. The van der Waals surface area contributed by atoms with E-state index in [-0.39, 0.29) is 11.4 Å². The molecular weight excluding hydrogens is 258 g/mol. The Morgan fingerprint density at radius 3 is 2.20 bits per heavy atom. The summed E-state index contributed by atoms with van der Waals surface area (Å²) in [6.45, 7) is 1.86. The zero-order valence-electron chi connectivity index (χ0n) is 10.8. The minimum Gasteiger partial charge on any atom is -0.307 e. The molecule has 0 spiro atoms. The van der Waals surface area contributed by atoms with E-state index in [0.717, 1.165) is 5.56 Å². The second kappa shape index (κ2) is 5.83. The van der Waals surface area contributed by atoms with Gasteiger partial charge in [-0.05, 0) is 24.6 Å². The molecule has 2 N–H and O–H groups in total. The fourth-order valence-corrected chi connectivity index (χ4v) is 1.73. The number of anilines is 2. The summed E-state index contributed by atoms with van der Waals surface area (Å²) in [6, 6.07) is 12.7. The zero-order chi connectivity index (χ0) is 14.5. The Morgan fingerprint density at radius 2 is 1.55 bits per heavy atom. The highest BCUT2D eigenvalue weighted by atomic mass is 16.6. The third kappa shape index (κ3) is 3.11. The summed E-state index contributed by atoms with van der Waals surface area (Å²) < 4.78 is 0. The van der Waals surface area contributed by atoms with Crippen LogP contribution in [0.15, 0.2) is 48.5 Å². The molecule has 2 aromatic rings. The van der Waals surface area contributed by atoms with E-state index < -0.39 is 11.0 Å². The molecule has 0 aliphatic rings. The SMILES string of the molecule is Cc1ccccc1NC(=O)Nc1ccccc1[N+](=O)[O-]. The fourth-order valence-electron chi connectivity index (χ4n) is 1.73. The number of rotatable bonds is 3. The second-order valence-electron chi connectivity index (χ2n) is 4.17. The van der Waals surface area contributed by atoms with Crippen LogP contribution in [0.2, 0.25) is 0 Å². The lowest BCUT2D eigenvalue weighted by molar-refractivity contribution is -0.383. The quantitative estimate of drug-likeness (QED) is 0.661. The number of hydrogen-bond donors (Lipinski definition) is 2. The summed E-state index contributed by atoms with van der Waals surface area (Å²) in [5.41, 5.74) is 1.57. The van der Waals surface area contributed by atoms with Gasteiger partial charge in [-0.25, -0.2) is 4.79 Å².